The minimum atomic E-state index is -4.11. The average molecular weight is 321 g/mol. The normalized spacial score (nSPS) is 14.1. The Labute approximate surface area is 110 Å². The summed E-state index contributed by atoms with van der Waals surface area (Å²) >= 11 is 2.70. The molecule has 0 amide bonds. The van der Waals surface area contributed by atoms with Crippen LogP contribution >= 0.6 is 15.9 Å². The first-order chi connectivity index (χ1) is 8.44. The molecule has 2 aromatic carbocycles. The quantitative estimate of drug-likeness (QED) is 0.540. The summed E-state index contributed by atoms with van der Waals surface area (Å²) in [6.45, 7) is 0. The molecule has 0 aliphatic carbocycles. The zero-order valence-corrected chi connectivity index (χ0v) is 10.7. The van der Waals surface area contributed by atoms with Gasteiger partial charge in [0.1, 0.15) is 4.83 Å². The van der Waals surface area contributed by atoms with Crippen molar-refractivity contribution in [3.8, 4) is 0 Å². The highest BCUT2D eigenvalue weighted by molar-refractivity contribution is 9.09. The molecule has 5 heteroatoms. The fourth-order valence-corrected chi connectivity index (χ4v) is 2.39. The summed E-state index contributed by atoms with van der Waals surface area (Å²) in [4.78, 5) is -1.71. The van der Waals surface area contributed by atoms with Gasteiger partial charge in [0, 0.05) is 0 Å². The van der Waals surface area contributed by atoms with Crippen molar-refractivity contribution < 1.29 is 17.6 Å². The molecule has 0 aliphatic heterocycles. The first-order valence-corrected chi connectivity index (χ1v) is 6.14. The van der Waals surface area contributed by atoms with E-state index in [1.54, 1.807) is 36.4 Å². The largest absolute Gasteiger partial charge is 0.323 e. The van der Waals surface area contributed by atoms with Gasteiger partial charge in [-0.1, -0.05) is 58.4 Å². The molecule has 2 rings (SSSR count). The molecule has 0 saturated heterocycles. The van der Waals surface area contributed by atoms with Gasteiger partial charge in [-0.3, -0.25) is 0 Å². The van der Waals surface area contributed by atoms with E-state index in [9.17, 15) is 17.6 Å². The lowest BCUT2D eigenvalue weighted by Gasteiger charge is -2.22. The zero-order valence-electron chi connectivity index (χ0n) is 9.09. The Balaban J connectivity index is 2.55. The summed E-state index contributed by atoms with van der Waals surface area (Å²) in [6, 6.07) is 11.6. The average Bonchev–Trinajstić information content (AvgIpc) is 2.37. The number of rotatable bonds is 3. The zero-order chi connectivity index (χ0) is 13.3. The maximum Gasteiger partial charge on any atom is 0.323 e. The minimum absolute atomic E-state index is 0.165. The highest BCUT2D eigenvalue weighted by Crippen LogP contribution is 2.44. The fourth-order valence-electron chi connectivity index (χ4n) is 1.79. The molecule has 2 aromatic rings. The van der Waals surface area contributed by atoms with Crippen molar-refractivity contribution in [2.75, 3.05) is 0 Å². The van der Waals surface area contributed by atoms with Gasteiger partial charge in [0.15, 0.2) is 0 Å². The highest BCUT2D eigenvalue weighted by Gasteiger charge is 2.48. The predicted octanol–water partition coefficient (Wildman–Crippen LogP) is 5.18. The van der Waals surface area contributed by atoms with E-state index in [1.807, 2.05) is 0 Å². The lowest BCUT2D eigenvalue weighted by Crippen LogP contribution is -2.31. The van der Waals surface area contributed by atoms with Gasteiger partial charge in [-0.2, -0.15) is 8.78 Å². The first-order valence-electron chi connectivity index (χ1n) is 5.22. The molecule has 0 N–H and O–H groups in total. The molecular weight excluding hydrogens is 312 g/mol. The molecule has 0 aliphatic rings. The van der Waals surface area contributed by atoms with Crippen LogP contribution in [-0.2, 0) is 0 Å². The van der Waals surface area contributed by atoms with E-state index in [4.69, 9.17) is 0 Å². The van der Waals surface area contributed by atoms with Crippen molar-refractivity contribution in [3.05, 3.63) is 48.0 Å². The van der Waals surface area contributed by atoms with Crippen LogP contribution in [0.25, 0.3) is 10.8 Å². The Morgan fingerprint density at radius 1 is 0.944 bits per heavy atom. The van der Waals surface area contributed by atoms with E-state index in [0.29, 0.717) is 5.39 Å². The van der Waals surface area contributed by atoms with Gasteiger partial charge in [0.25, 0.3) is 0 Å². The lowest BCUT2D eigenvalue weighted by molar-refractivity contribution is -0.127. The van der Waals surface area contributed by atoms with Crippen molar-refractivity contribution in [3.63, 3.8) is 0 Å². The van der Waals surface area contributed by atoms with Crippen LogP contribution in [0.2, 0.25) is 0 Å². The third kappa shape index (κ3) is 2.23. The molecule has 1 atom stereocenters. The van der Waals surface area contributed by atoms with Crippen LogP contribution in [0, 0.1) is 0 Å². The molecule has 18 heavy (non-hydrogen) atoms. The summed E-state index contributed by atoms with van der Waals surface area (Å²) in [7, 11) is 0. The van der Waals surface area contributed by atoms with Gasteiger partial charge in [0.2, 0.25) is 0 Å². The molecule has 0 nitrogen and oxygen atoms in total. The third-order valence-corrected chi connectivity index (χ3v) is 3.83. The summed E-state index contributed by atoms with van der Waals surface area (Å²) < 4.78 is 51.5. The van der Waals surface area contributed by atoms with Crippen LogP contribution < -0.4 is 0 Å². The second-order valence-corrected chi connectivity index (χ2v) is 4.82. The molecule has 1 unspecified atom stereocenters. The Morgan fingerprint density at radius 2 is 1.56 bits per heavy atom. The van der Waals surface area contributed by atoms with E-state index < -0.39 is 17.2 Å². The summed E-state index contributed by atoms with van der Waals surface area (Å²) in [5, 5.41) is 1.28. The van der Waals surface area contributed by atoms with Gasteiger partial charge in [-0.05, 0) is 16.3 Å². The number of benzene rings is 2. The molecule has 0 saturated carbocycles. The van der Waals surface area contributed by atoms with Crippen LogP contribution in [0.15, 0.2) is 42.5 Å². The van der Waals surface area contributed by atoms with E-state index >= 15 is 0 Å². The number of fused-ring (bicyclic) bond motifs is 1. The highest BCUT2D eigenvalue weighted by atomic mass is 79.9. The van der Waals surface area contributed by atoms with Crippen LogP contribution in [0.3, 0.4) is 0 Å². The van der Waals surface area contributed by atoms with Gasteiger partial charge >= 0.3 is 12.3 Å². The second kappa shape index (κ2) is 4.88. The third-order valence-electron chi connectivity index (χ3n) is 2.73. The number of hydrogen-bond donors (Lipinski definition) is 0. The van der Waals surface area contributed by atoms with Gasteiger partial charge in [-0.15, -0.1) is 0 Å². The molecule has 0 aromatic heterocycles. The van der Waals surface area contributed by atoms with Crippen molar-refractivity contribution >= 4 is 26.7 Å². The maximum atomic E-state index is 13.4. The van der Waals surface area contributed by atoms with Crippen molar-refractivity contribution in [2.24, 2.45) is 0 Å². The number of alkyl halides is 5. The molecule has 0 spiro atoms. The topological polar surface area (TPSA) is 0 Å². The Kier molecular flexibility index (Phi) is 3.61. The Hall–Kier alpha value is -1.10. The Morgan fingerprint density at radius 3 is 2.22 bits per heavy atom. The fraction of sp³-hybridized carbons (Fsp3) is 0.231. The van der Waals surface area contributed by atoms with E-state index in [2.05, 4.69) is 15.9 Å². The maximum absolute atomic E-state index is 13.4. The summed E-state index contributed by atoms with van der Waals surface area (Å²) in [5.74, 6) is -4.11. The lowest BCUT2D eigenvalue weighted by atomic mass is 9.99. The Bertz CT molecular complexity index is 548. The van der Waals surface area contributed by atoms with E-state index in [1.165, 1.54) is 6.07 Å². The van der Waals surface area contributed by atoms with Crippen molar-refractivity contribution in [1.29, 1.82) is 0 Å². The van der Waals surface area contributed by atoms with Crippen LogP contribution in [0.5, 0.6) is 0 Å². The standard InChI is InChI=1S/C13H9BrF4/c14-11(13(17,18)12(15)16)10-7-3-5-8-4-1-2-6-9(8)10/h1-7,11-12H. The van der Waals surface area contributed by atoms with Crippen LogP contribution in [0.1, 0.15) is 10.4 Å². The van der Waals surface area contributed by atoms with E-state index in [-0.39, 0.29) is 5.56 Å². The van der Waals surface area contributed by atoms with Crippen molar-refractivity contribution in [2.45, 2.75) is 17.2 Å². The summed E-state index contributed by atoms with van der Waals surface area (Å²) in [5.41, 5.74) is 0.165. The first kappa shape index (κ1) is 13.3. The molecule has 0 heterocycles. The smallest absolute Gasteiger partial charge is 0.204 e. The van der Waals surface area contributed by atoms with Crippen LogP contribution in [-0.4, -0.2) is 12.3 Å². The molecular formula is C13H9BrF4. The monoisotopic (exact) mass is 320 g/mol. The molecule has 0 radical (unpaired) electrons. The minimum Gasteiger partial charge on any atom is -0.204 e. The molecule has 96 valence electrons. The van der Waals surface area contributed by atoms with Gasteiger partial charge in [0.05, 0.1) is 0 Å². The second-order valence-electron chi connectivity index (χ2n) is 3.91. The van der Waals surface area contributed by atoms with E-state index in [0.717, 1.165) is 5.39 Å². The van der Waals surface area contributed by atoms with Gasteiger partial charge in [-0.25, -0.2) is 8.78 Å². The van der Waals surface area contributed by atoms with Crippen LogP contribution in [0.4, 0.5) is 17.6 Å². The molecule has 0 fully saturated rings. The van der Waals surface area contributed by atoms with Crippen molar-refractivity contribution in [1.82, 2.24) is 0 Å². The SMILES string of the molecule is FC(F)C(F)(F)C(Br)c1cccc2ccccc12. The number of halogens is 5. The number of hydrogen-bond acceptors (Lipinski definition) is 0. The molecule has 0 bridgehead atoms. The van der Waals surface area contributed by atoms with Gasteiger partial charge < -0.3 is 0 Å². The summed E-state index contributed by atoms with van der Waals surface area (Å²) in [6.07, 6.45) is -3.71. The predicted molar refractivity (Wildman–Crippen MR) is 66.6 cm³/mol.